The van der Waals surface area contributed by atoms with Gasteiger partial charge >= 0.3 is 0 Å². The van der Waals surface area contributed by atoms with E-state index in [-0.39, 0.29) is 0 Å². The van der Waals surface area contributed by atoms with Gasteiger partial charge in [-0.05, 0) is 65.3 Å². The highest BCUT2D eigenvalue weighted by molar-refractivity contribution is 5.73. The largest absolute Gasteiger partial charge is 0.264 e. The number of hydrogen-bond acceptors (Lipinski definition) is 1. The van der Waals surface area contributed by atoms with Crippen LogP contribution in [0.25, 0.3) is 11.1 Å². The molecule has 0 aliphatic heterocycles. The molecule has 0 unspecified atom stereocenters. The van der Waals surface area contributed by atoms with E-state index in [1.54, 1.807) is 5.56 Å². The summed E-state index contributed by atoms with van der Waals surface area (Å²) >= 11 is 0. The van der Waals surface area contributed by atoms with E-state index in [1.165, 1.54) is 42.4 Å². The van der Waals surface area contributed by atoms with Crippen molar-refractivity contribution < 1.29 is 0 Å². The van der Waals surface area contributed by atoms with Crippen molar-refractivity contribution in [2.75, 3.05) is 0 Å². The standard InChI is InChI=1S/C18H19N/c1-18(9-10-18)17-12-19-11-8-16(17)15-5-3-2-4-14(15)13-6-7-13/h2-5,8,11-13H,6-7,9-10H2,1H3. The van der Waals surface area contributed by atoms with Gasteiger partial charge in [0.05, 0.1) is 0 Å². The zero-order valence-corrected chi connectivity index (χ0v) is 11.4. The van der Waals surface area contributed by atoms with Crippen LogP contribution >= 0.6 is 0 Å². The molecule has 0 spiro atoms. The summed E-state index contributed by atoms with van der Waals surface area (Å²) in [6, 6.07) is 11.2. The normalized spacial score (nSPS) is 20.3. The lowest BCUT2D eigenvalue weighted by Gasteiger charge is -2.17. The fraction of sp³-hybridized carbons (Fsp3) is 0.389. The van der Waals surface area contributed by atoms with E-state index >= 15 is 0 Å². The van der Waals surface area contributed by atoms with Crippen LogP contribution in [0.5, 0.6) is 0 Å². The van der Waals surface area contributed by atoms with Crippen LogP contribution in [0.2, 0.25) is 0 Å². The number of benzene rings is 1. The van der Waals surface area contributed by atoms with E-state index in [4.69, 9.17) is 0 Å². The van der Waals surface area contributed by atoms with Gasteiger partial charge in [0.1, 0.15) is 0 Å². The molecular formula is C18H19N. The van der Waals surface area contributed by atoms with Crippen molar-refractivity contribution in [1.82, 2.24) is 4.98 Å². The zero-order valence-electron chi connectivity index (χ0n) is 11.4. The van der Waals surface area contributed by atoms with Crippen LogP contribution in [-0.2, 0) is 5.41 Å². The van der Waals surface area contributed by atoms with Crippen LogP contribution in [-0.4, -0.2) is 4.98 Å². The predicted octanol–water partition coefficient (Wildman–Crippen LogP) is 4.68. The first-order valence-electron chi connectivity index (χ1n) is 7.32. The Bertz CT molecular complexity index is 621. The lowest BCUT2D eigenvalue weighted by molar-refractivity contribution is 0.783. The Labute approximate surface area is 114 Å². The Morgan fingerprint density at radius 2 is 1.84 bits per heavy atom. The topological polar surface area (TPSA) is 12.9 Å². The van der Waals surface area contributed by atoms with E-state index in [1.807, 2.05) is 6.20 Å². The van der Waals surface area contributed by atoms with Gasteiger partial charge in [-0.3, -0.25) is 4.98 Å². The average molecular weight is 249 g/mol. The molecule has 0 N–H and O–H groups in total. The fourth-order valence-electron chi connectivity index (χ4n) is 3.06. The minimum absolute atomic E-state index is 0.375. The number of pyridine rings is 1. The molecule has 0 radical (unpaired) electrons. The van der Waals surface area contributed by atoms with Crippen molar-refractivity contribution >= 4 is 0 Å². The van der Waals surface area contributed by atoms with Crippen molar-refractivity contribution in [2.24, 2.45) is 0 Å². The third kappa shape index (κ3) is 1.88. The van der Waals surface area contributed by atoms with E-state index in [9.17, 15) is 0 Å². The predicted molar refractivity (Wildman–Crippen MR) is 78.2 cm³/mol. The Morgan fingerprint density at radius 3 is 2.58 bits per heavy atom. The van der Waals surface area contributed by atoms with Crippen LogP contribution in [0.1, 0.15) is 49.7 Å². The zero-order chi connectivity index (χ0) is 12.9. The number of nitrogens with zero attached hydrogens (tertiary/aromatic N) is 1. The van der Waals surface area contributed by atoms with Crippen LogP contribution < -0.4 is 0 Å². The van der Waals surface area contributed by atoms with Crippen molar-refractivity contribution in [1.29, 1.82) is 0 Å². The Kier molecular flexibility index (Phi) is 2.32. The molecule has 2 aromatic rings. The molecule has 1 heterocycles. The molecule has 19 heavy (non-hydrogen) atoms. The fourth-order valence-corrected chi connectivity index (χ4v) is 3.06. The molecule has 96 valence electrons. The maximum atomic E-state index is 4.37. The minimum atomic E-state index is 0.375. The SMILES string of the molecule is CC1(c2cnccc2-c2ccccc2C2CC2)CC1. The molecule has 0 saturated heterocycles. The second kappa shape index (κ2) is 3.93. The molecule has 1 heteroatoms. The Morgan fingerprint density at radius 1 is 1.05 bits per heavy atom. The third-order valence-electron chi connectivity index (χ3n) is 4.74. The Hall–Kier alpha value is -1.63. The monoisotopic (exact) mass is 249 g/mol. The van der Waals surface area contributed by atoms with Crippen LogP contribution in [0, 0.1) is 0 Å². The van der Waals surface area contributed by atoms with Gasteiger partial charge in [-0.1, -0.05) is 31.2 Å². The molecule has 2 saturated carbocycles. The van der Waals surface area contributed by atoms with Crippen molar-refractivity contribution in [3.8, 4) is 11.1 Å². The van der Waals surface area contributed by atoms with Crippen LogP contribution in [0.4, 0.5) is 0 Å². The van der Waals surface area contributed by atoms with Crippen molar-refractivity contribution in [3.63, 3.8) is 0 Å². The first-order valence-corrected chi connectivity index (χ1v) is 7.32. The first kappa shape index (κ1) is 11.2. The van der Waals surface area contributed by atoms with E-state index in [0.29, 0.717) is 5.41 Å². The molecular weight excluding hydrogens is 230 g/mol. The van der Waals surface area contributed by atoms with Gasteiger partial charge in [0.2, 0.25) is 0 Å². The highest BCUT2D eigenvalue weighted by Gasteiger charge is 2.41. The molecule has 1 aromatic heterocycles. The molecule has 4 rings (SSSR count). The van der Waals surface area contributed by atoms with E-state index in [0.717, 1.165) is 5.92 Å². The summed E-state index contributed by atoms with van der Waals surface area (Å²) in [5.74, 6) is 0.796. The first-order chi connectivity index (χ1) is 9.28. The number of hydrogen-bond donors (Lipinski definition) is 0. The summed E-state index contributed by atoms with van der Waals surface area (Å²) < 4.78 is 0. The molecule has 0 bridgehead atoms. The second-order valence-corrected chi connectivity index (χ2v) is 6.34. The van der Waals surface area contributed by atoms with Gasteiger partial charge in [0.25, 0.3) is 0 Å². The lowest BCUT2D eigenvalue weighted by Crippen LogP contribution is -2.04. The second-order valence-electron chi connectivity index (χ2n) is 6.34. The average Bonchev–Trinajstić information content (AvgIpc) is 3.35. The van der Waals surface area contributed by atoms with Crippen LogP contribution in [0.15, 0.2) is 42.7 Å². The van der Waals surface area contributed by atoms with E-state index < -0.39 is 0 Å². The third-order valence-corrected chi connectivity index (χ3v) is 4.74. The molecule has 1 aromatic carbocycles. The summed E-state index contributed by atoms with van der Waals surface area (Å²) in [6.07, 6.45) is 9.35. The summed E-state index contributed by atoms with van der Waals surface area (Å²) in [5, 5.41) is 0. The van der Waals surface area contributed by atoms with Gasteiger partial charge in [-0.2, -0.15) is 0 Å². The summed E-state index contributed by atoms with van der Waals surface area (Å²) in [6.45, 7) is 2.37. The van der Waals surface area contributed by atoms with E-state index in [2.05, 4.69) is 48.4 Å². The number of aromatic nitrogens is 1. The van der Waals surface area contributed by atoms with Gasteiger partial charge in [0, 0.05) is 12.4 Å². The summed E-state index contributed by atoms with van der Waals surface area (Å²) in [4.78, 5) is 4.37. The molecule has 2 aliphatic carbocycles. The minimum Gasteiger partial charge on any atom is -0.264 e. The Balaban J connectivity index is 1.89. The summed E-state index contributed by atoms with van der Waals surface area (Å²) in [7, 11) is 0. The van der Waals surface area contributed by atoms with Gasteiger partial charge in [0.15, 0.2) is 0 Å². The smallest absolute Gasteiger partial charge is 0.0311 e. The lowest BCUT2D eigenvalue weighted by atomic mass is 9.88. The van der Waals surface area contributed by atoms with Crippen LogP contribution in [0.3, 0.4) is 0 Å². The molecule has 0 atom stereocenters. The van der Waals surface area contributed by atoms with Crippen molar-refractivity contribution in [2.45, 2.75) is 43.9 Å². The van der Waals surface area contributed by atoms with Gasteiger partial charge in [-0.15, -0.1) is 0 Å². The molecule has 1 nitrogen and oxygen atoms in total. The maximum Gasteiger partial charge on any atom is 0.0311 e. The molecule has 0 amide bonds. The highest BCUT2D eigenvalue weighted by atomic mass is 14.6. The van der Waals surface area contributed by atoms with Crippen molar-refractivity contribution in [3.05, 3.63) is 53.9 Å². The van der Waals surface area contributed by atoms with Gasteiger partial charge in [-0.25, -0.2) is 0 Å². The maximum absolute atomic E-state index is 4.37. The number of rotatable bonds is 3. The molecule has 2 aliphatic rings. The quantitative estimate of drug-likeness (QED) is 0.769. The molecule has 2 fully saturated rings. The summed E-state index contributed by atoms with van der Waals surface area (Å²) in [5.41, 5.74) is 6.22. The highest BCUT2D eigenvalue weighted by Crippen LogP contribution is 2.52. The van der Waals surface area contributed by atoms with Gasteiger partial charge < -0.3 is 0 Å².